The van der Waals surface area contributed by atoms with E-state index in [-0.39, 0.29) is 5.69 Å². The van der Waals surface area contributed by atoms with Crippen LogP contribution in [0.25, 0.3) is 22.0 Å². The van der Waals surface area contributed by atoms with Gasteiger partial charge in [0, 0.05) is 38.4 Å². The second kappa shape index (κ2) is 9.96. The molecule has 0 atom stereocenters. The Morgan fingerprint density at radius 1 is 1.06 bits per heavy atom. The molecule has 1 aromatic heterocycles. The van der Waals surface area contributed by atoms with Crippen LogP contribution in [0.5, 0.6) is 0 Å². The van der Waals surface area contributed by atoms with Gasteiger partial charge in [-0.3, -0.25) is 10.00 Å². The lowest BCUT2D eigenvalue weighted by Gasteiger charge is -2.32. The molecule has 5 rings (SSSR count). The van der Waals surface area contributed by atoms with Crippen molar-refractivity contribution in [2.45, 2.75) is 13.5 Å². The Morgan fingerprint density at radius 2 is 1.81 bits per heavy atom. The number of anilines is 3. The number of carbonyl (C=O) groups excluding carboxylic acids is 1. The van der Waals surface area contributed by atoms with Crippen molar-refractivity contribution in [2.24, 2.45) is 0 Å². The molecule has 8 nitrogen and oxygen atoms in total. The van der Waals surface area contributed by atoms with Crippen LogP contribution in [-0.4, -0.2) is 59.3 Å². The minimum Gasteiger partial charge on any atom is -0.382 e. The first-order valence-corrected chi connectivity index (χ1v) is 12.0. The lowest BCUT2D eigenvalue weighted by molar-refractivity contribution is 0.148. The Kier molecular flexibility index (Phi) is 6.58. The van der Waals surface area contributed by atoms with Gasteiger partial charge in [0.05, 0.1) is 16.6 Å². The zero-order valence-corrected chi connectivity index (χ0v) is 20.4. The molecule has 0 aliphatic carbocycles. The van der Waals surface area contributed by atoms with Gasteiger partial charge in [0.1, 0.15) is 5.82 Å². The molecule has 0 unspecified atom stereocenters. The second-order valence-electron chi connectivity index (χ2n) is 9.35. The van der Waals surface area contributed by atoms with Crippen LogP contribution < -0.4 is 16.4 Å². The summed E-state index contributed by atoms with van der Waals surface area (Å²) in [5.74, 6) is -0.0223. The number of benzene rings is 3. The van der Waals surface area contributed by atoms with Crippen LogP contribution in [0.4, 0.5) is 26.4 Å². The number of aromatic nitrogens is 2. The Hall–Kier alpha value is -3.95. The zero-order valence-electron chi connectivity index (χ0n) is 20.4. The Labute approximate surface area is 209 Å². The molecule has 1 aliphatic heterocycles. The number of amides is 2. The van der Waals surface area contributed by atoms with Gasteiger partial charge in [-0.2, -0.15) is 5.10 Å². The summed E-state index contributed by atoms with van der Waals surface area (Å²) >= 11 is 0. The number of H-pyrrole nitrogens is 1. The van der Waals surface area contributed by atoms with Crippen LogP contribution in [0, 0.1) is 12.7 Å². The molecule has 1 fully saturated rings. The van der Waals surface area contributed by atoms with Crippen LogP contribution in [-0.2, 0) is 6.54 Å². The van der Waals surface area contributed by atoms with Gasteiger partial charge in [0.25, 0.3) is 0 Å². The van der Waals surface area contributed by atoms with Gasteiger partial charge in [0.2, 0.25) is 0 Å². The number of piperazine rings is 1. The average molecular weight is 488 g/mol. The molecule has 3 aromatic carbocycles. The van der Waals surface area contributed by atoms with E-state index in [0.29, 0.717) is 11.5 Å². The molecule has 0 saturated carbocycles. The maximum absolute atomic E-state index is 14.0. The lowest BCUT2D eigenvalue weighted by Crippen LogP contribution is -2.43. The molecule has 5 N–H and O–H groups in total. The Bertz CT molecular complexity index is 1390. The third-order valence-corrected chi connectivity index (χ3v) is 6.65. The highest BCUT2D eigenvalue weighted by Crippen LogP contribution is 2.34. The summed E-state index contributed by atoms with van der Waals surface area (Å²) in [5.41, 5.74) is 11.9. The number of aromatic amines is 1. The summed E-state index contributed by atoms with van der Waals surface area (Å²) in [4.78, 5) is 17.2. The van der Waals surface area contributed by atoms with E-state index in [4.69, 9.17) is 5.73 Å². The molecule has 0 bridgehead atoms. The third kappa shape index (κ3) is 5.02. The maximum Gasteiger partial charge on any atom is 0.323 e. The van der Waals surface area contributed by atoms with Crippen LogP contribution in [0.15, 0.2) is 54.6 Å². The molecule has 2 heterocycles. The average Bonchev–Trinajstić information content (AvgIpc) is 3.26. The summed E-state index contributed by atoms with van der Waals surface area (Å²) in [6.45, 7) is 6.86. The van der Waals surface area contributed by atoms with Gasteiger partial charge in [-0.05, 0) is 60.5 Å². The highest BCUT2D eigenvalue weighted by atomic mass is 19.1. The predicted octanol–water partition coefficient (Wildman–Crippen LogP) is 4.65. The number of likely N-dealkylation sites (N-methyl/N-ethyl adjacent to an activating group) is 1. The number of nitrogens with two attached hydrogens (primary N) is 1. The van der Waals surface area contributed by atoms with E-state index in [0.717, 1.165) is 60.3 Å². The SMILES string of the molecule is Cc1ccc(F)c(NC(=O)Nc2ccc(-c3ccc(CN4CCN(C)CC4)c4[nH]nc(N)c34)cc2)c1. The number of nitrogen functional groups attached to an aromatic ring is 1. The summed E-state index contributed by atoms with van der Waals surface area (Å²) in [6, 6.07) is 15.7. The number of hydrogen-bond acceptors (Lipinski definition) is 5. The summed E-state index contributed by atoms with van der Waals surface area (Å²) in [5, 5.41) is 13.6. The molecule has 1 aliphatic rings. The van der Waals surface area contributed by atoms with Crippen molar-refractivity contribution in [3.63, 3.8) is 0 Å². The van der Waals surface area contributed by atoms with E-state index in [1.165, 1.54) is 11.6 Å². The van der Waals surface area contributed by atoms with E-state index >= 15 is 0 Å². The van der Waals surface area contributed by atoms with E-state index < -0.39 is 11.8 Å². The molecule has 1 saturated heterocycles. The number of urea groups is 1. The number of hydrogen-bond donors (Lipinski definition) is 4. The molecular formula is C27H30FN7O. The molecule has 9 heteroatoms. The molecule has 0 radical (unpaired) electrons. The zero-order chi connectivity index (χ0) is 25.2. The van der Waals surface area contributed by atoms with Crippen LogP contribution in [0.3, 0.4) is 0 Å². The highest BCUT2D eigenvalue weighted by Gasteiger charge is 2.18. The Morgan fingerprint density at radius 3 is 2.56 bits per heavy atom. The molecular weight excluding hydrogens is 457 g/mol. The van der Waals surface area contributed by atoms with E-state index in [2.05, 4.69) is 49.8 Å². The molecule has 186 valence electrons. The van der Waals surface area contributed by atoms with Crippen LogP contribution >= 0.6 is 0 Å². The van der Waals surface area contributed by atoms with Gasteiger partial charge in [0.15, 0.2) is 5.82 Å². The largest absolute Gasteiger partial charge is 0.382 e. The van der Waals surface area contributed by atoms with Crippen LogP contribution in [0.2, 0.25) is 0 Å². The van der Waals surface area contributed by atoms with Gasteiger partial charge in [-0.1, -0.05) is 30.3 Å². The van der Waals surface area contributed by atoms with Crippen molar-refractivity contribution in [2.75, 3.05) is 49.6 Å². The van der Waals surface area contributed by atoms with Crippen molar-refractivity contribution in [3.05, 3.63) is 71.5 Å². The Balaban J connectivity index is 1.33. The fourth-order valence-electron chi connectivity index (χ4n) is 4.58. The first-order valence-electron chi connectivity index (χ1n) is 12.0. The van der Waals surface area contributed by atoms with Crippen molar-refractivity contribution in [1.82, 2.24) is 20.0 Å². The minimum absolute atomic E-state index is 0.138. The lowest BCUT2D eigenvalue weighted by atomic mass is 9.98. The normalized spacial score (nSPS) is 14.8. The number of nitrogens with zero attached hydrogens (tertiary/aromatic N) is 3. The molecule has 36 heavy (non-hydrogen) atoms. The third-order valence-electron chi connectivity index (χ3n) is 6.65. The number of rotatable bonds is 5. The summed E-state index contributed by atoms with van der Waals surface area (Å²) in [6.07, 6.45) is 0. The first kappa shape index (κ1) is 23.8. The van der Waals surface area contributed by atoms with E-state index in [9.17, 15) is 9.18 Å². The molecule has 2 amide bonds. The minimum atomic E-state index is -0.512. The highest BCUT2D eigenvalue weighted by molar-refractivity contribution is 6.03. The number of aryl methyl sites for hydroxylation is 1. The number of nitrogens with one attached hydrogen (secondary N) is 3. The fraction of sp³-hybridized carbons (Fsp3) is 0.259. The number of halogens is 1. The van der Waals surface area contributed by atoms with Gasteiger partial charge < -0.3 is 21.3 Å². The van der Waals surface area contributed by atoms with E-state index in [1.54, 1.807) is 12.1 Å². The van der Waals surface area contributed by atoms with Gasteiger partial charge in [-0.15, -0.1) is 0 Å². The molecule has 4 aromatic rings. The smallest absolute Gasteiger partial charge is 0.323 e. The van der Waals surface area contributed by atoms with Crippen molar-refractivity contribution in [1.29, 1.82) is 0 Å². The fourth-order valence-corrected chi connectivity index (χ4v) is 4.58. The number of carbonyl (C=O) groups is 1. The van der Waals surface area contributed by atoms with Crippen LogP contribution in [0.1, 0.15) is 11.1 Å². The maximum atomic E-state index is 14.0. The quantitative estimate of drug-likeness (QED) is 0.328. The molecule has 0 spiro atoms. The van der Waals surface area contributed by atoms with Crippen molar-refractivity contribution >= 4 is 34.1 Å². The van der Waals surface area contributed by atoms with Gasteiger partial charge >= 0.3 is 6.03 Å². The summed E-state index contributed by atoms with van der Waals surface area (Å²) in [7, 11) is 2.15. The van der Waals surface area contributed by atoms with Crippen molar-refractivity contribution in [3.8, 4) is 11.1 Å². The predicted molar refractivity (Wildman–Crippen MR) is 142 cm³/mol. The monoisotopic (exact) mass is 487 g/mol. The van der Waals surface area contributed by atoms with E-state index in [1.807, 2.05) is 31.2 Å². The standard InChI is InChI=1S/C27H30FN7O/c1-17-3-10-22(28)23(15-17)31-27(36)30-20-7-4-18(5-8-20)21-9-6-19(25-24(21)26(29)33-32-25)16-35-13-11-34(2)12-14-35/h3-10,15H,11-14,16H2,1-2H3,(H3,29,32,33)(H2,30,31,36). The first-order chi connectivity index (χ1) is 17.4. The topological polar surface area (TPSA) is 102 Å². The summed E-state index contributed by atoms with van der Waals surface area (Å²) < 4.78 is 14.0. The number of fused-ring (bicyclic) bond motifs is 1. The van der Waals surface area contributed by atoms with Crippen molar-refractivity contribution < 1.29 is 9.18 Å². The van der Waals surface area contributed by atoms with Gasteiger partial charge in [-0.25, -0.2) is 9.18 Å². The second-order valence-corrected chi connectivity index (χ2v) is 9.35.